The Morgan fingerprint density at radius 2 is 1.78 bits per heavy atom. The second-order valence-electron chi connectivity index (χ2n) is 5.59. The molecular formula is C16H28N2. The maximum absolute atomic E-state index is 5.88. The highest BCUT2D eigenvalue weighted by molar-refractivity contribution is 5.14. The van der Waals surface area contributed by atoms with E-state index >= 15 is 0 Å². The number of aryl methyl sites for hydroxylation is 1. The molecule has 1 rings (SSSR count). The standard InChI is InChI=1S/C16H28N2/c1-4-12-18(16(2,3)14-17)13-8-11-15-9-6-5-7-10-15/h5-7,9-10H,4,8,11-14,17H2,1-3H3. The molecule has 0 unspecified atom stereocenters. The zero-order chi connectivity index (χ0) is 13.4. The lowest BCUT2D eigenvalue weighted by Crippen LogP contribution is -2.50. The molecule has 102 valence electrons. The monoisotopic (exact) mass is 248 g/mol. The molecule has 0 aliphatic rings. The van der Waals surface area contributed by atoms with Crippen LogP contribution < -0.4 is 5.73 Å². The Bertz CT molecular complexity index is 319. The molecule has 2 nitrogen and oxygen atoms in total. The minimum absolute atomic E-state index is 0.118. The minimum Gasteiger partial charge on any atom is -0.329 e. The Morgan fingerprint density at radius 1 is 1.11 bits per heavy atom. The molecule has 0 aliphatic heterocycles. The Kier molecular flexibility index (Phi) is 6.37. The van der Waals surface area contributed by atoms with Crippen LogP contribution >= 0.6 is 0 Å². The van der Waals surface area contributed by atoms with Gasteiger partial charge in [-0.05, 0) is 51.8 Å². The molecule has 2 heteroatoms. The first kappa shape index (κ1) is 15.2. The summed E-state index contributed by atoms with van der Waals surface area (Å²) < 4.78 is 0. The van der Waals surface area contributed by atoms with Gasteiger partial charge in [0.1, 0.15) is 0 Å². The number of nitrogens with zero attached hydrogens (tertiary/aromatic N) is 1. The first-order valence-electron chi connectivity index (χ1n) is 7.09. The van der Waals surface area contributed by atoms with Gasteiger partial charge in [0.15, 0.2) is 0 Å². The first-order chi connectivity index (χ1) is 8.60. The van der Waals surface area contributed by atoms with Gasteiger partial charge in [-0.25, -0.2) is 0 Å². The smallest absolute Gasteiger partial charge is 0.0275 e. The van der Waals surface area contributed by atoms with Crippen molar-refractivity contribution < 1.29 is 0 Å². The summed E-state index contributed by atoms with van der Waals surface area (Å²) in [5.74, 6) is 0. The predicted molar refractivity (Wildman–Crippen MR) is 79.8 cm³/mol. The van der Waals surface area contributed by atoms with Gasteiger partial charge in [-0.1, -0.05) is 37.3 Å². The Hall–Kier alpha value is -0.860. The highest BCUT2D eigenvalue weighted by atomic mass is 15.2. The summed E-state index contributed by atoms with van der Waals surface area (Å²) in [7, 11) is 0. The van der Waals surface area contributed by atoms with E-state index in [0.717, 1.165) is 26.1 Å². The Balaban J connectivity index is 2.43. The van der Waals surface area contributed by atoms with Crippen LogP contribution in [-0.4, -0.2) is 30.1 Å². The van der Waals surface area contributed by atoms with Crippen LogP contribution in [0.1, 0.15) is 39.2 Å². The lowest BCUT2D eigenvalue weighted by molar-refractivity contribution is 0.125. The Morgan fingerprint density at radius 3 is 2.33 bits per heavy atom. The van der Waals surface area contributed by atoms with E-state index < -0.39 is 0 Å². The van der Waals surface area contributed by atoms with Crippen molar-refractivity contribution in [1.29, 1.82) is 0 Å². The molecule has 0 amide bonds. The van der Waals surface area contributed by atoms with Crippen molar-refractivity contribution >= 4 is 0 Å². The molecule has 0 atom stereocenters. The third kappa shape index (κ3) is 4.79. The highest BCUT2D eigenvalue weighted by Crippen LogP contribution is 2.14. The zero-order valence-electron chi connectivity index (χ0n) is 12.2. The van der Waals surface area contributed by atoms with Crippen molar-refractivity contribution in [1.82, 2.24) is 4.90 Å². The summed E-state index contributed by atoms with van der Waals surface area (Å²) in [6.07, 6.45) is 3.55. The molecule has 0 aromatic heterocycles. The molecule has 1 aromatic carbocycles. The van der Waals surface area contributed by atoms with Gasteiger partial charge in [-0.15, -0.1) is 0 Å². The summed E-state index contributed by atoms with van der Waals surface area (Å²) in [6, 6.07) is 10.7. The van der Waals surface area contributed by atoms with Crippen LogP contribution in [0.3, 0.4) is 0 Å². The minimum atomic E-state index is 0.118. The van der Waals surface area contributed by atoms with Crippen molar-refractivity contribution in [2.75, 3.05) is 19.6 Å². The average Bonchev–Trinajstić information content (AvgIpc) is 2.39. The second kappa shape index (κ2) is 7.55. The summed E-state index contributed by atoms with van der Waals surface area (Å²) in [6.45, 7) is 9.71. The van der Waals surface area contributed by atoms with Crippen molar-refractivity contribution in [2.24, 2.45) is 5.73 Å². The molecule has 0 bridgehead atoms. The maximum atomic E-state index is 5.88. The van der Waals surface area contributed by atoms with Crippen LogP contribution in [0.15, 0.2) is 30.3 Å². The fourth-order valence-electron chi connectivity index (χ4n) is 2.23. The van der Waals surface area contributed by atoms with E-state index in [0.29, 0.717) is 0 Å². The molecule has 0 radical (unpaired) electrons. The molecule has 0 spiro atoms. The average molecular weight is 248 g/mol. The molecule has 2 N–H and O–H groups in total. The fraction of sp³-hybridized carbons (Fsp3) is 0.625. The largest absolute Gasteiger partial charge is 0.329 e. The topological polar surface area (TPSA) is 29.3 Å². The SMILES string of the molecule is CCCN(CCCc1ccccc1)C(C)(C)CN. The molecule has 0 aliphatic carbocycles. The van der Waals surface area contributed by atoms with E-state index in [4.69, 9.17) is 5.73 Å². The first-order valence-corrected chi connectivity index (χ1v) is 7.09. The van der Waals surface area contributed by atoms with Crippen LogP contribution in [0.4, 0.5) is 0 Å². The van der Waals surface area contributed by atoms with Gasteiger partial charge in [0.25, 0.3) is 0 Å². The van der Waals surface area contributed by atoms with Gasteiger partial charge in [-0.2, -0.15) is 0 Å². The van der Waals surface area contributed by atoms with Crippen LogP contribution in [-0.2, 0) is 6.42 Å². The predicted octanol–water partition coefficient (Wildman–Crippen LogP) is 3.07. The van der Waals surface area contributed by atoms with Crippen molar-refractivity contribution in [3.8, 4) is 0 Å². The summed E-state index contributed by atoms with van der Waals surface area (Å²) >= 11 is 0. The zero-order valence-corrected chi connectivity index (χ0v) is 12.2. The van der Waals surface area contributed by atoms with Gasteiger partial charge in [0.2, 0.25) is 0 Å². The van der Waals surface area contributed by atoms with Crippen LogP contribution in [0, 0.1) is 0 Å². The van der Waals surface area contributed by atoms with Crippen molar-refractivity contribution in [3.63, 3.8) is 0 Å². The summed E-state index contributed by atoms with van der Waals surface area (Å²) in [4.78, 5) is 2.52. The molecule has 18 heavy (non-hydrogen) atoms. The van der Waals surface area contributed by atoms with Crippen LogP contribution in [0.25, 0.3) is 0 Å². The highest BCUT2D eigenvalue weighted by Gasteiger charge is 2.23. The van der Waals surface area contributed by atoms with E-state index in [1.165, 1.54) is 18.4 Å². The summed E-state index contributed by atoms with van der Waals surface area (Å²) in [5, 5.41) is 0. The second-order valence-corrected chi connectivity index (χ2v) is 5.59. The molecule has 1 aromatic rings. The quantitative estimate of drug-likeness (QED) is 0.766. The van der Waals surface area contributed by atoms with E-state index in [2.05, 4.69) is 56.0 Å². The van der Waals surface area contributed by atoms with Crippen molar-refractivity contribution in [3.05, 3.63) is 35.9 Å². The lowest BCUT2D eigenvalue weighted by atomic mass is 10.0. The number of hydrogen-bond donors (Lipinski definition) is 1. The lowest BCUT2D eigenvalue weighted by Gasteiger charge is -2.37. The number of benzene rings is 1. The van der Waals surface area contributed by atoms with E-state index in [1.807, 2.05) is 0 Å². The number of rotatable bonds is 8. The number of nitrogens with two attached hydrogens (primary N) is 1. The summed E-state index contributed by atoms with van der Waals surface area (Å²) in [5.41, 5.74) is 7.43. The van der Waals surface area contributed by atoms with Gasteiger partial charge in [-0.3, -0.25) is 4.90 Å². The molecule has 0 saturated heterocycles. The van der Waals surface area contributed by atoms with Gasteiger partial charge in [0, 0.05) is 12.1 Å². The van der Waals surface area contributed by atoms with E-state index in [9.17, 15) is 0 Å². The Labute approximate surface area is 112 Å². The van der Waals surface area contributed by atoms with Crippen LogP contribution in [0.5, 0.6) is 0 Å². The van der Waals surface area contributed by atoms with E-state index in [-0.39, 0.29) is 5.54 Å². The van der Waals surface area contributed by atoms with Crippen molar-refractivity contribution in [2.45, 2.75) is 45.6 Å². The molecule has 0 saturated carbocycles. The molecule has 0 fully saturated rings. The molecular weight excluding hydrogens is 220 g/mol. The third-order valence-corrected chi connectivity index (χ3v) is 3.59. The maximum Gasteiger partial charge on any atom is 0.0275 e. The van der Waals surface area contributed by atoms with Gasteiger partial charge < -0.3 is 5.73 Å². The van der Waals surface area contributed by atoms with Gasteiger partial charge >= 0.3 is 0 Å². The number of hydrogen-bond acceptors (Lipinski definition) is 2. The fourth-order valence-corrected chi connectivity index (χ4v) is 2.23. The van der Waals surface area contributed by atoms with E-state index in [1.54, 1.807) is 0 Å². The third-order valence-electron chi connectivity index (χ3n) is 3.59. The normalized spacial score (nSPS) is 12.1. The molecule has 0 heterocycles. The van der Waals surface area contributed by atoms with Crippen LogP contribution in [0.2, 0.25) is 0 Å². The van der Waals surface area contributed by atoms with Gasteiger partial charge in [0.05, 0.1) is 0 Å².